The van der Waals surface area contributed by atoms with Gasteiger partial charge in [-0.2, -0.15) is 0 Å². The molecular formula is C18H35N3O3. The first-order valence-electron chi connectivity index (χ1n) is 9.69. The van der Waals surface area contributed by atoms with Gasteiger partial charge in [0.05, 0.1) is 18.8 Å². The molecule has 6 nitrogen and oxygen atoms in total. The Balaban J connectivity index is 1.56. The Hall–Kier alpha value is -0.240. The van der Waals surface area contributed by atoms with Gasteiger partial charge in [0.2, 0.25) is 0 Å². The van der Waals surface area contributed by atoms with E-state index in [2.05, 4.69) is 29.1 Å². The summed E-state index contributed by atoms with van der Waals surface area (Å²) in [5.41, 5.74) is 0. The number of hydrogen-bond acceptors (Lipinski definition) is 6. The number of piperidine rings is 2. The molecule has 0 aromatic carbocycles. The first kappa shape index (κ1) is 18.5. The molecule has 0 unspecified atom stereocenters. The van der Waals surface area contributed by atoms with Gasteiger partial charge in [-0.1, -0.05) is 6.92 Å². The zero-order chi connectivity index (χ0) is 17.1. The van der Waals surface area contributed by atoms with E-state index in [1.54, 1.807) is 0 Å². The van der Waals surface area contributed by atoms with E-state index in [0.717, 1.165) is 38.6 Å². The van der Waals surface area contributed by atoms with E-state index in [-0.39, 0.29) is 18.8 Å². The van der Waals surface area contributed by atoms with Crippen LogP contribution in [0.2, 0.25) is 0 Å². The molecule has 0 spiro atoms. The van der Waals surface area contributed by atoms with Crippen molar-refractivity contribution in [2.45, 2.75) is 63.0 Å². The van der Waals surface area contributed by atoms with Gasteiger partial charge in [-0.3, -0.25) is 4.90 Å². The highest BCUT2D eigenvalue weighted by Gasteiger charge is 2.46. The fourth-order valence-corrected chi connectivity index (χ4v) is 4.42. The lowest BCUT2D eigenvalue weighted by molar-refractivity contribution is -0.0222. The van der Waals surface area contributed by atoms with E-state index >= 15 is 0 Å². The van der Waals surface area contributed by atoms with Gasteiger partial charge < -0.3 is 25.2 Å². The molecule has 3 N–H and O–H groups in total. The molecule has 3 aliphatic heterocycles. The lowest BCUT2D eigenvalue weighted by Crippen LogP contribution is -2.54. The van der Waals surface area contributed by atoms with Crippen LogP contribution in [-0.4, -0.2) is 96.8 Å². The van der Waals surface area contributed by atoms with Crippen LogP contribution < -0.4 is 5.32 Å². The summed E-state index contributed by atoms with van der Waals surface area (Å²) in [6.07, 6.45) is 3.63. The number of aliphatic hydroxyl groups excluding tert-OH is 2. The summed E-state index contributed by atoms with van der Waals surface area (Å²) in [4.78, 5) is 4.76. The van der Waals surface area contributed by atoms with Gasteiger partial charge in [0, 0.05) is 12.6 Å². The molecule has 4 atom stereocenters. The average Bonchev–Trinajstić information content (AvgIpc) is 2.91. The number of ether oxygens (including phenoxy) is 1. The van der Waals surface area contributed by atoms with Crippen LogP contribution in [0.3, 0.4) is 0 Å². The molecule has 6 heteroatoms. The van der Waals surface area contributed by atoms with E-state index in [9.17, 15) is 10.2 Å². The predicted molar refractivity (Wildman–Crippen MR) is 94.0 cm³/mol. The van der Waals surface area contributed by atoms with E-state index < -0.39 is 12.2 Å². The van der Waals surface area contributed by atoms with Crippen molar-refractivity contribution in [3.63, 3.8) is 0 Å². The molecule has 0 aliphatic carbocycles. The maximum absolute atomic E-state index is 10.6. The maximum atomic E-state index is 10.6. The number of nitrogens with one attached hydrogen (secondary N) is 1. The molecule has 0 radical (unpaired) electrons. The van der Waals surface area contributed by atoms with Gasteiger partial charge in [0.15, 0.2) is 0 Å². The van der Waals surface area contributed by atoms with Crippen LogP contribution in [0, 0.1) is 5.92 Å². The van der Waals surface area contributed by atoms with Gasteiger partial charge in [-0.25, -0.2) is 0 Å². The van der Waals surface area contributed by atoms with Crippen molar-refractivity contribution in [1.82, 2.24) is 15.1 Å². The summed E-state index contributed by atoms with van der Waals surface area (Å²) in [6.45, 7) is 7.28. The third kappa shape index (κ3) is 4.29. The van der Waals surface area contributed by atoms with Crippen molar-refractivity contribution in [3.05, 3.63) is 0 Å². The fraction of sp³-hybridized carbons (Fsp3) is 1.00. The number of hydrogen-bond donors (Lipinski definition) is 3. The highest BCUT2D eigenvalue weighted by molar-refractivity contribution is 4.99. The molecule has 3 rings (SSSR count). The summed E-state index contributed by atoms with van der Waals surface area (Å²) >= 11 is 0. The average molecular weight is 341 g/mol. The zero-order valence-corrected chi connectivity index (χ0v) is 15.2. The van der Waals surface area contributed by atoms with Crippen molar-refractivity contribution in [2.24, 2.45) is 5.92 Å². The Morgan fingerprint density at radius 1 is 1.04 bits per heavy atom. The zero-order valence-electron chi connectivity index (χ0n) is 15.2. The minimum Gasteiger partial charge on any atom is -0.394 e. The molecular weight excluding hydrogens is 306 g/mol. The van der Waals surface area contributed by atoms with Gasteiger partial charge in [-0.05, 0) is 64.8 Å². The largest absolute Gasteiger partial charge is 0.394 e. The van der Waals surface area contributed by atoms with E-state index in [4.69, 9.17) is 4.74 Å². The Morgan fingerprint density at radius 3 is 2.33 bits per heavy atom. The molecule has 0 amide bonds. The Bertz CT molecular complexity index is 382. The van der Waals surface area contributed by atoms with Gasteiger partial charge in [-0.15, -0.1) is 0 Å². The van der Waals surface area contributed by atoms with Crippen molar-refractivity contribution < 1.29 is 14.9 Å². The first-order valence-corrected chi connectivity index (χ1v) is 9.69. The molecule has 0 bridgehead atoms. The second-order valence-corrected chi connectivity index (χ2v) is 8.08. The van der Waals surface area contributed by atoms with Crippen LogP contribution >= 0.6 is 0 Å². The van der Waals surface area contributed by atoms with Gasteiger partial charge >= 0.3 is 0 Å². The minimum atomic E-state index is -0.590. The monoisotopic (exact) mass is 341 g/mol. The summed E-state index contributed by atoms with van der Waals surface area (Å²) in [7, 11) is 2.17. The molecule has 0 aromatic rings. The highest BCUT2D eigenvalue weighted by Crippen LogP contribution is 2.29. The molecule has 3 saturated heterocycles. The third-order valence-corrected chi connectivity index (χ3v) is 6.21. The van der Waals surface area contributed by atoms with Crippen molar-refractivity contribution in [2.75, 3.05) is 46.4 Å². The van der Waals surface area contributed by atoms with Gasteiger partial charge in [0.25, 0.3) is 0 Å². The fourth-order valence-electron chi connectivity index (χ4n) is 4.42. The molecule has 3 heterocycles. The summed E-state index contributed by atoms with van der Waals surface area (Å²) in [5, 5.41) is 23.8. The molecule has 3 fully saturated rings. The van der Waals surface area contributed by atoms with Crippen LogP contribution in [0.15, 0.2) is 0 Å². The lowest BCUT2D eigenvalue weighted by atomic mass is 9.94. The van der Waals surface area contributed by atoms with Crippen LogP contribution in [0.1, 0.15) is 32.6 Å². The second kappa shape index (κ2) is 8.43. The van der Waals surface area contributed by atoms with E-state index in [1.165, 1.54) is 25.7 Å². The Labute approximate surface area is 146 Å². The summed E-state index contributed by atoms with van der Waals surface area (Å²) < 4.78 is 6.01. The molecule has 0 aromatic heterocycles. The topological polar surface area (TPSA) is 68.2 Å². The van der Waals surface area contributed by atoms with Crippen LogP contribution in [-0.2, 0) is 4.74 Å². The molecule has 3 aliphatic rings. The predicted octanol–water partition coefficient (Wildman–Crippen LogP) is -0.109. The number of likely N-dealkylation sites (tertiary alicyclic amines) is 2. The number of aliphatic hydroxyl groups is 2. The van der Waals surface area contributed by atoms with Crippen LogP contribution in [0.4, 0.5) is 0 Å². The van der Waals surface area contributed by atoms with Crippen molar-refractivity contribution >= 4 is 0 Å². The van der Waals surface area contributed by atoms with Crippen LogP contribution in [0.25, 0.3) is 0 Å². The maximum Gasteiger partial charge on any atom is 0.109 e. The number of rotatable bonds is 5. The molecule has 24 heavy (non-hydrogen) atoms. The Kier molecular flexibility index (Phi) is 6.51. The normalized spacial score (nSPS) is 38.0. The lowest BCUT2D eigenvalue weighted by Gasteiger charge is -2.38. The number of nitrogens with zero attached hydrogens (tertiary/aromatic N) is 2. The quantitative estimate of drug-likeness (QED) is 0.648. The second-order valence-electron chi connectivity index (χ2n) is 8.08. The first-order chi connectivity index (χ1) is 11.6. The highest BCUT2D eigenvalue weighted by atomic mass is 16.5. The van der Waals surface area contributed by atoms with Gasteiger partial charge in [0.1, 0.15) is 12.2 Å². The smallest absolute Gasteiger partial charge is 0.109 e. The standard InChI is InChI=1S/C18H35N3O3/c1-13-3-9-21(10-4-13)17-15(24-16(12-22)18(17)23)11-19-14-5-7-20(2)8-6-14/h13-19,22-23H,3-12H2,1-2H3/t15-,16+,17+,18-/m1/s1. The molecule has 140 valence electrons. The minimum absolute atomic E-state index is 0.00779. The van der Waals surface area contributed by atoms with Crippen LogP contribution in [0.5, 0.6) is 0 Å². The van der Waals surface area contributed by atoms with E-state index in [1.807, 2.05) is 0 Å². The van der Waals surface area contributed by atoms with Crippen molar-refractivity contribution in [3.8, 4) is 0 Å². The molecule has 0 saturated carbocycles. The Morgan fingerprint density at radius 2 is 1.71 bits per heavy atom. The summed E-state index contributed by atoms with van der Waals surface area (Å²) in [5.74, 6) is 0.769. The SMILES string of the molecule is CC1CCN([C@@H]2[C@H](O)[C@H](CO)O[C@@H]2CNC2CCN(C)CC2)CC1. The summed E-state index contributed by atoms with van der Waals surface area (Å²) in [6, 6.07) is 0.547. The van der Waals surface area contributed by atoms with Crippen molar-refractivity contribution in [1.29, 1.82) is 0 Å². The van der Waals surface area contributed by atoms with E-state index in [0.29, 0.717) is 6.04 Å². The third-order valence-electron chi connectivity index (χ3n) is 6.21.